The second-order valence-electron chi connectivity index (χ2n) is 7.36. The molecule has 5 aromatic rings. The molecule has 2 aromatic carbocycles. The molecule has 6 rings (SSSR count). The molecule has 1 aliphatic heterocycles. The van der Waals surface area contributed by atoms with E-state index >= 15 is 0 Å². The minimum Gasteiger partial charge on any atom is -0.510 e. The van der Waals surface area contributed by atoms with Gasteiger partial charge in [0.05, 0.1) is 0 Å². The normalized spacial score (nSPS) is 13.0. The number of benzene rings is 2. The number of aromatic nitrogens is 4. The van der Waals surface area contributed by atoms with Crippen molar-refractivity contribution in [3.05, 3.63) is 98.5 Å². The first-order valence-electron chi connectivity index (χ1n) is 10.1. The van der Waals surface area contributed by atoms with Crippen LogP contribution >= 0.6 is 0 Å². The van der Waals surface area contributed by atoms with E-state index in [-0.39, 0.29) is 21.1 Å². The summed E-state index contributed by atoms with van der Waals surface area (Å²) < 4.78 is 8.09. The van der Waals surface area contributed by atoms with E-state index in [9.17, 15) is 0 Å². The third-order valence-corrected chi connectivity index (χ3v) is 5.22. The van der Waals surface area contributed by atoms with Crippen molar-refractivity contribution in [1.82, 2.24) is 24.4 Å². The number of hydrogen-bond donors (Lipinski definition) is 0. The Morgan fingerprint density at radius 1 is 0.879 bits per heavy atom. The fourth-order valence-corrected chi connectivity index (χ4v) is 3.81. The summed E-state index contributed by atoms with van der Waals surface area (Å²) in [5.74, 6) is 1.65. The van der Waals surface area contributed by atoms with Gasteiger partial charge in [0, 0.05) is 50.5 Å². The van der Waals surface area contributed by atoms with Gasteiger partial charge in [0.2, 0.25) is 5.95 Å². The maximum atomic E-state index is 6.09. The van der Waals surface area contributed by atoms with E-state index in [0.29, 0.717) is 17.4 Å². The van der Waals surface area contributed by atoms with Gasteiger partial charge in [-0.1, -0.05) is 35.6 Å². The van der Waals surface area contributed by atoms with E-state index in [1.165, 1.54) is 0 Å². The van der Waals surface area contributed by atoms with E-state index < -0.39 is 0 Å². The number of ether oxygens (including phenoxy) is 1. The van der Waals surface area contributed by atoms with Gasteiger partial charge in [-0.05, 0) is 43.2 Å². The molecule has 0 N–H and O–H groups in total. The summed E-state index contributed by atoms with van der Waals surface area (Å²) in [6.07, 6.45) is 10.7. The first-order chi connectivity index (χ1) is 15.8. The molecule has 7 nitrogen and oxygen atoms in total. The van der Waals surface area contributed by atoms with Crippen LogP contribution < -0.4 is 9.64 Å². The largest absolute Gasteiger partial charge is 0.510 e. The number of hydrogen-bond acceptors (Lipinski definition) is 6. The van der Waals surface area contributed by atoms with Crippen LogP contribution in [-0.2, 0) is 21.1 Å². The smallest absolute Gasteiger partial charge is 0.232 e. The van der Waals surface area contributed by atoms with Crippen LogP contribution in [0.3, 0.4) is 0 Å². The molecular formula is C25H17N6OPt-3. The Kier molecular flexibility index (Phi) is 5.56. The molecule has 166 valence electrons. The van der Waals surface area contributed by atoms with Crippen LogP contribution in [-0.4, -0.2) is 31.5 Å². The Labute approximate surface area is 205 Å². The number of fused-ring (bicyclic) bond motifs is 3. The van der Waals surface area contributed by atoms with Crippen LogP contribution in [0.25, 0.3) is 27.8 Å². The van der Waals surface area contributed by atoms with Crippen LogP contribution in [0.15, 0.2) is 79.7 Å². The van der Waals surface area contributed by atoms with Gasteiger partial charge in [0.1, 0.15) is 0 Å². The standard InChI is InChI=1S/C25H17N6O.Pt/c1-29-11-12-30(17-29)18-13-20(16-26-15-18)32-19-7-8-22-21-5-2-3-6-23(21)31(24(22)14-19)25-27-9-4-10-28-25;/h2-12,15-17H,1H3;/q-3;. The predicted molar refractivity (Wildman–Crippen MR) is 122 cm³/mol. The number of anilines is 1. The predicted octanol–water partition coefficient (Wildman–Crippen LogP) is 4.70. The molecule has 8 heteroatoms. The molecule has 0 spiro atoms. The van der Waals surface area contributed by atoms with E-state index in [1.54, 1.807) is 30.9 Å². The van der Waals surface area contributed by atoms with Crippen LogP contribution in [0.2, 0.25) is 0 Å². The second kappa shape index (κ2) is 8.68. The summed E-state index contributed by atoms with van der Waals surface area (Å²) in [4.78, 5) is 17.1. The van der Waals surface area contributed by atoms with Gasteiger partial charge in [-0.3, -0.25) is 0 Å². The summed E-state index contributed by atoms with van der Waals surface area (Å²) in [6, 6.07) is 20.6. The maximum absolute atomic E-state index is 6.09. The molecule has 0 radical (unpaired) electrons. The molecule has 4 heterocycles. The van der Waals surface area contributed by atoms with Gasteiger partial charge < -0.3 is 24.1 Å². The van der Waals surface area contributed by atoms with Crippen LogP contribution in [0.5, 0.6) is 11.5 Å². The molecule has 33 heavy (non-hydrogen) atoms. The number of rotatable bonds is 4. The van der Waals surface area contributed by atoms with E-state index in [0.717, 1.165) is 27.5 Å². The molecule has 0 aliphatic carbocycles. The van der Waals surface area contributed by atoms with Crippen molar-refractivity contribution in [2.24, 2.45) is 0 Å². The van der Waals surface area contributed by atoms with Gasteiger partial charge in [-0.25, -0.2) is 9.97 Å². The summed E-state index contributed by atoms with van der Waals surface area (Å²) in [6.45, 7) is 1.94. The Morgan fingerprint density at radius 3 is 2.55 bits per heavy atom. The zero-order valence-corrected chi connectivity index (χ0v) is 19.8. The Bertz CT molecular complexity index is 1470. The van der Waals surface area contributed by atoms with Gasteiger partial charge in [-0.2, -0.15) is 12.7 Å². The van der Waals surface area contributed by atoms with Crippen molar-refractivity contribution in [2.75, 3.05) is 11.9 Å². The summed E-state index contributed by atoms with van der Waals surface area (Å²) >= 11 is 0. The van der Waals surface area contributed by atoms with Crippen molar-refractivity contribution in [3.8, 4) is 17.4 Å². The minimum atomic E-state index is 0. The molecule has 0 fully saturated rings. The molecule has 0 bridgehead atoms. The molecule has 0 amide bonds. The number of nitrogens with zero attached hydrogens (tertiary/aromatic N) is 6. The van der Waals surface area contributed by atoms with Crippen molar-refractivity contribution < 1.29 is 25.8 Å². The first kappa shape index (κ1) is 21.2. The van der Waals surface area contributed by atoms with Gasteiger partial charge in [-0.15, -0.1) is 23.6 Å². The Morgan fingerprint density at radius 2 is 1.73 bits per heavy atom. The van der Waals surface area contributed by atoms with Crippen LogP contribution in [0.1, 0.15) is 0 Å². The third kappa shape index (κ3) is 3.85. The minimum absolute atomic E-state index is 0. The monoisotopic (exact) mass is 612 g/mol. The topological polar surface area (TPSA) is 59.3 Å². The molecule has 3 aromatic heterocycles. The SMILES string of the molecule is CN1C=CN(c2[c-]c(Oc3[c-]c4c(cc3)c3ccccc3n4-c3ncccn3)cnc2)[CH-]1.[Pt]. The van der Waals surface area contributed by atoms with Crippen molar-refractivity contribution in [3.63, 3.8) is 0 Å². The van der Waals surface area contributed by atoms with E-state index in [1.807, 2.05) is 64.7 Å². The Balaban J connectivity index is 0.00000228. The average Bonchev–Trinajstić information content (AvgIpc) is 3.41. The summed E-state index contributed by atoms with van der Waals surface area (Å²) in [5, 5.41) is 2.16. The number of pyridine rings is 1. The molecule has 0 atom stereocenters. The third-order valence-electron chi connectivity index (χ3n) is 5.22. The van der Waals surface area contributed by atoms with Gasteiger partial charge >= 0.3 is 0 Å². The maximum Gasteiger partial charge on any atom is 0.232 e. The van der Waals surface area contributed by atoms with Crippen LogP contribution in [0.4, 0.5) is 5.69 Å². The molecule has 0 saturated heterocycles. The van der Waals surface area contributed by atoms with E-state index in [4.69, 9.17) is 4.74 Å². The molecule has 1 aliphatic rings. The van der Waals surface area contributed by atoms with Crippen molar-refractivity contribution >= 4 is 27.5 Å². The van der Waals surface area contributed by atoms with Gasteiger partial charge in [0.15, 0.2) is 0 Å². The fourth-order valence-electron chi connectivity index (χ4n) is 3.81. The fraction of sp³-hybridized carbons (Fsp3) is 0.0400. The molecule has 0 unspecified atom stereocenters. The molecule has 0 saturated carbocycles. The van der Waals surface area contributed by atoms with E-state index in [2.05, 4.69) is 39.2 Å². The van der Waals surface area contributed by atoms with Crippen molar-refractivity contribution in [2.45, 2.75) is 0 Å². The number of para-hydroxylation sites is 1. The van der Waals surface area contributed by atoms with Crippen molar-refractivity contribution in [1.29, 1.82) is 0 Å². The average molecular weight is 613 g/mol. The van der Waals surface area contributed by atoms with Crippen LogP contribution in [0, 0.1) is 18.8 Å². The summed E-state index contributed by atoms with van der Waals surface area (Å²) in [5.41, 5.74) is 2.64. The Hall–Kier alpha value is -3.70. The molecular weight excluding hydrogens is 595 g/mol. The zero-order valence-electron chi connectivity index (χ0n) is 17.5. The van der Waals surface area contributed by atoms with Gasteiger partial charge in [0.25, 0.3) is 0 Å². The first-order valence-corrected chi connectivity index (χ1v) is 10.1. The summed E-state index contributed by atoms with van der Waals surface area (Å²) in [7, 11) is 1.96. The second-order valence-corrected chi connectivity index (χ2v) is 7.36. The quantitative estimate of drug-likeness (QED) is 0.275. The zero-order chi connectivity index (χ0) is 21.5.